The van der Waals surface area contributed by atoms with Gasteiger partial charge >= 0.3 is 0 Å². The van der Waals surface area contributed by atoms with Crippen molar-refractivity contribution < 1.29 is 4.79 Å². The molecular weight excluding hydrogens is 250 g/mol. The smallest absolute Gasteiger partial charge is 0.247 e. The third kappa shape index (κ3) is 3.01. The van der Waals surface area contributed by atoms with E-state index >= 15 is 0 Å². The van der Waals surface area contributed by atoms with E-state index in [1.165, 1.54) is 6.08 Å². The molecule has 0 bridgehead atoms. The van der Waals surface area contributed by atoms with Gasteiger partial charge in [0.25, 0.3) is 0 Å². The Morgan fingerprint density at radius 3 is 2.11 bits per heavy atom. The molecule has 0 heterocycles. The average molecular weight is 257 g/mol. The van der Waals surface area contributed by atoms with Crippen molar-refractivity contribution in [1.82, 2.24) is 4.90 Å². The van der Waals surface area contributed by atoms with Gasteiger partial charge in [0, 0.05) is 0 Å². The zero-order valence-electron chi connectivity index (χ0n) is 4.81. The van der Waals surface area contributed by atoms with Gasteiger partial charge in [0.1, 0.15) is 0 Å². The Morgan fingerprint density at radius 2 is 2.00 bits per heavy atom. The molecule has 0 aliphatic rings. The van der Waals surface area contributed by atoms with E-state index in [-0.39, 0.29) is 5.91 Å². The summed E-state index contributed by atoms with van der Waals surface area (Å²) in [5.74, 6) is -0.0799. The molecule has 0 atom stereocenters. The Balaban J connectivity index is 3.78. The van der Waals surface area contributed by atoms with Gasteiger partial charge in [0.05, 0.1) is 10.9 Å². The fraction of sp³-hybridized carbons (Fsp3) is 0.400. The van der Waals surface area contributed by atoms with Crippen molar-refractivity contribution in [2.75, 3.05) is 10.9 Å². The standard InChI is InChI=1S/C5H7Br2NO/c1-2-5(9)8(3-6)4-7/h2H,1,3-4H2. The first-order valence-electron chi connectivity index (χ1n) is 2.29. The molecule has 0 spiro atoms. The monoisotopic (exact) mass is 255 g/mol. The van der Waals surface area contributed by atoms with Gasteiger partial charge in [-0.2, -0.15) is 0 Å². The highest BCUT2D eigenvalue weighted by atomic mass is 79.9. The lowest BCUT2D eigenvalue weighted by Crippen LogP contribution is -2.25. The molecule has 52 valence electrons. The first-order valence-corrected chi connectivity index (χ1v) is 4.53. The molecule has 0 aromatic rings. The summed E-state index contributed by atoms with van der Waals surface area (Å²) in [7, 11) is 0. The average Bonchev–Trinajstić information content (AvgIpc) is 1.90. The number of alkyl halides is 2. The number of hydrogen-bond acceptors (Lipinski definition) is 1. The van der Waals surface area contributed by atoms with Crippen molar-refractivity contribution in [1.29, 1.82) is 0 Å². The first kappa shape index (κ1) is 9.17. The molecule has 0 saturated heterocycles. The lowest BCUT2D eigenvalue weighted by atomic mass is 10.5. The van der Waals surface area contributed by atoms with Crippen LogP contribution >= 0.6 is 31.9 Å². The van der Waals surface area contributed by atoms with Crippen molar-refractivity contribution in [2.24, 2.45) is 0 Å². The van der Waals surface area contributed by atoms with E-state index in [1.54, 1.807) is 4.90 Å². The van der Waals surface area contributed by atoms with E-state index in [0.717, 1.165) is 0 Å². The molecule has 0 aliphatic carbocycles. The van der Waals surface area contributed by atoms with Crippen LogP contribution in [0.4, 0.5) is 0 Å². The van der Waals surface area contributed by atoms with Crippen LogP contribution in [0, 0.1) is 0 Å². The van der Waals surface area contributed by atoms with Crippen LogP contribution in [-0.4, -0.2) is 21.7 Å². The Kier molecular flexibility index (Phi) is 5.09. The zero-order chi connectivity index (χ0) is 7.28. The minimum absolute atomic E-state index is 0.0799. The van der Waals surface area contributed by atoms with Gasteiger partial charge in [-0.15, -0.1) is 0 Å². The molecule has 1 amide bonds. The summed E-state index contributed by atoms with van der Waals surface area (Å²) in [4.78, 5) is 12.3. The molecule has 0 rings (SSSR count). The lowest BCUT2D eigenvalue weighted by Gasteiger charge is -2.12. The largest absolute Gasteiger partial charge is 0.319 e. The summed E-state index contributed by atoms with van der Waals surface area (Å²) in [5.41, 5.74) is 1.06. The Bertz CT molecular complexity index is 112. The van der Waals surface area contributed by atoms with Crippen molar-refractivity contribution in [3.05, 3.63) is 12.7 Å². The van der Waals surface area contributed by atoms with Crippen LogP contribution in [0.2, 0.25) is 0 Å². The summed E-state index contributed by atoms with van der Waals surface area (Å²) in [6, 6.07) is 0. The number of carbonyl (C=O) groups is 1. The van der Waals surface area contributed by atoms with Crippen LogP contribution < -0.4 is 0 Å². The maximum Gasteiger partial charge on any atom is 0.247 e. The van der Waals surface area contributed by atoms with Crippen LogP contribution in [-0.2, 0) is 4.79 Å². The van der Waals surface area contributed by atoms with E-state index in [4.69, 9.17) is 0 Å². The van der Waals surface area contributed by atoms with Gasteiger partial charge in [-0.3, -0.25) is 4.79 Å². The van der Waals surface area contributed by atoms with Crippen LogP contribution in [0.1, 0.15) is 0 Å². The Hall–Kier alpha value is 0.170. The molecule has 2 nitrogen and oxygen atoms in total. The highest BCUT2D eigenvalue weighted by Crippen LogP contribution is 1.98. The van der Waals surface area contributed by atoms with E-state index in [9.17, 15) is 4.79 Å². The SMILES string of the molecule is C=CC(=O)N(CBr)CBr. The highest BCUT2D eigenvalue weighted by Gasteiger charge is 2.03. The molecule has 0 aromatic carbocycles. The Morgan fingerprint density at radius 1 is 1.56 bits per heavy atom. The molecule has 0 unspecified atom stereocenters. The van der Waals surface area contributed by atoms with Crippen molar-refractivity contribution >= 4 is 37.8 Å². The van der Waals surface area contributed by atoms with Gasteiger partial charge in [-0.1, -0.05) is 38.4 Å². The second kappa shape index (κ2) is 4.99. The fourth-order valence-electron chi connectivity index (χ4n) is 0.279. The maximum absolute atomic E-state index is 10.7. The summed E-state index contributed by atoms with van der Waals surface area (Å²) in [6.45, 7) is 3.34. The predicted octanol–water partition coefficient (Wildman–Crippen LogP) is 1.71. The molecule has 0 aromatic heterocycles. The summed E-state index contributed by atoms with van der Waals surface area (Å²) in [6.07, 6.45) is 1.28. The number of halogens is 2. The predicted molar refractivity (Wildman–Crippen MR) is 44.6 cm³/mol. The maximum atomic E-state index is 10.7. The summed E-state index contributed by atoms with van der Waals surface area (Å²) in [5, 5.41) is 0. The summed E-state index contributed by atoms with van der Waals surface area (Å²) < 4.78 is 0. The summed E-state index contributed by atoms with van der Waals surface area (Å²) >= 11 is 6.29. The van der Waals surface area contributed by atoms with E-state index in [0.29, 0.717) is 10.9 Å². The minimum Gasteiger partial charge on any atom is -0.319 e. The van der Waals surface area contributed by atoms with Crippen molar-refractivity contribution in [3.63, 3.8) is 0 Å². The molecule has 0 fully saturated rings. The quantitative estimate of drug-likeness (QED) is 0.428. The van der Waals surface area contributed by atoms with Gasteiger partial charge in [-0.25, -0.2) is 0 Å². The van der Waals surface area contributed by atoms with Crippen LogP contribution in [0.5, 0.6) is 0 Å². The number of amides is 1. The molecule has 0 aliphatic heterocycles. The number of hydrogen-bond donors (Lipinski definition) is 0. The number of rotatable bonds is 3. The van der Waals surface area contributed by atoms with Crippen molar-refractivity contribution in [3.8, 4) is 0 Å². The normalized spacial score (nSPS) is 8.67. The zero-order valence-corrected chi connectivity index (χ0v) is 7.98. The second-order valence-corrected chi connectivity index (χ2v) is 2.32. The van der Waals surface area contributed by atoms with Gasteiger partial charge < -0.3 is 4.90 Å². The third-order valence-corrected chi connectivity index (χ3v) is 1.99. The van der Waals surface area contributed by atoms with Gasteiger partial charge in [-0.05, 0) is 6.08 Å². The molecule has 0 radical (unpaired) electrons. The highest BCUT2D eigenvalue weighted by molar-refractivity contribution is 9.09. The Labute approximate surface area is 71.2 Å². The van der Waals surface area contributed by atoms with Gasteiger partial charge in [0.15, 0.2) is 0 Å². The molecule has 0 N–H and O–H groups in total. The van der Waals surface area contributed by atoms with Crippen LogP contribution in [0.3, 0.4) is 0 Å². The lowest BCUT2D eigenvalue weighted by molar-refractivity contribution is -0.124. The van der Waals surface area contributed by atoms with Crippen molar-refractivity contribution in [2.45, 2.75) is 0 Å². The van der Waals surface area contributed by atoms with E-state index in [1.807, 2.05) is 0 Å². The third-order valence-electron chi connectivity index (χ3n) is 0.775. The minimum atomic E-state index is -0.0799. The van der Waals surface area contributed by atoms with Crippen LogP contribution in [0.25, 0.3) is 0 Å². The molecular formula is C5H7Br2NO. The van der Waals surface area contributed by atoms with Gasteiger partial charge in [0.2, 0.25) is 5.91 Å². The van der Waals surface area contributed by atoms with E-state index < -0.39 is 0 Å². The second-order valence-electron chi connectivity index (χ2n) is 1.32. The molecule has 0 saturated carbocycles. The van der Waals surface area contributed by atoms with E-state index in [2.05, 4.69) is 38.4 Å². The fourth-order valence-corrected chi connectivity index (χ4v) is 1.60. The molecule has 9 heavy (non-hydrogen) atoms. The number of nitrogens with zero attached hydrogens (tertiary/aromatic N) is 1. The first-order chi connectivity index (χ1) is 4.26. The van der Waals surface area contributed by atoms with Crippen LogP contribution in [0.15, 0.2) is 12.7 Å². The number of carbonyl (C=O) groups excluding carboxylic acids is 1. The topological polar surface area (TPSA) is 20.3 Å². The molecule has 4 heteroatoms.